The van der Waals surface area contributed by atoms with Crippen LogP contribution in [0.5, 0.6) is 0 Å². The van der Waals surface area contributed by atoms with Gasteiger partial charge in [0.1, 0.15) is 0 Å². The fourth-order valence-corrected chi connectivity index (χ4v) is 1.15. The van der Waals surface area contributed by atoms with Crippen LogP contribution < -0.4 is 0 Å². The molecule has 12 heavy (non-hydrogen) atoms. The molecule has 0 fully saturated rings. The van der Waals surface area contributed by atoms with Crippen molar-refractivity contribution in [3.8, 4) is 0 Å². The van der Waals surface area contributed by atoms with Crippen molar-refractivity contribution < 1.29 is 35.6 Å². The molecule has 0 aromatic heterocycles. The summed E-state index contributed by atoms with van der Waals surface area (Å²) in [5.41, 5.74) is 0. The van der Waals surface area contributed by atoms with Crippen molar-refractivity contribution in [1.29, 1.82) is 0 Å². The second-order valence-corrected chi connectivity index (χ2v) is 3.38. The molecule has 10 heteroatoms. The van der Waals surface area contributed by atoms with Crippen molar-refractivity contribution in [1.82, 2.24) is 0 Å². The Balaban J connectivity index is 3.92. The van der Waals surface area contributed by atoms with E-state index in [2.05, 4.69) is 6.20 Å². The third kappa shape index (κ3) is 8.19. The second kappa shape index (κ2) is 3.87. The SMILES string of the molecule is O=[Te](OC(F)(F)F)OC(F)(F)F. The van der Waals surface area contributed by atoms with Crippen LogP contribution in [0.1, 0.15) is 0 Å². The van der Waals surface area contributed by atoms with E-state index < -0.39 is 33.1 Å². The van der Waals surface area contributed by atoms with E-state index in [1.807, 2.05) is 0 Å². The van der Waals surface area contributed by atoms with Crippen molar-refractivity contribution in [2.75, 3.05) is 0 Å². The molecule has 0 radical (unpaired) electrons. The molecule has 74 valence electrons. The van der Waals surface area contributed by atoms with Gasteiger partial charge in [-0.15, -0.1) is 0 Å². The Morgan fingerprint density at radius 3 is 1.25 bits per heavy atom. The number of rotatable bonds is 2. The van der Waals surface area contributed by atoms with Gasteiger partial charge in [-0.05, 0) is 0 Å². The zero-order valence-electron chi connectivity index (χ0n) is 4.90. The monoisotopic (exact) mass is 316 g/mol. The van der Waals surface area contributed by atoms with Gasteiger partial charge in [0, 0.05) is 0 Å². The van der Waals surface area contributed by atoms with E-state index in [4.69, 9.17) is 0 Å². The van der Waals surface area contributed by atoms with Crippen LogP contribution in [0.4, 0.5) is 26.3 Å². The molecule has 0 atom stereocenters. The van der Waals surface area contributed by atoms with Crippen molar-refractivity contribution in [3.05, 3.63) is 0 Å². The van der Waals surface area contributed by atoms with Gasteiger partial charge in [-0.3, -0.25) is 0 Å². The molecule has 0 amide bonds. The van der Waals surface area contributed by atoms with Crippen molar-refractivity contribution in [2.45, 2.75) is 12.7 Å². The quantitative estimate of drug-likeness (QED) is 0.572. The predicted octanol–water partition coefficient (Wildman–Crippen LogP) is 1.47. The van der Waals surface area contributed by atoms with E-state index in [1.165, 1.54) is 0 Å². The van der Waals surface area contributed by atoms with Gasteiger partial charge < -0.3 is 0 Å². The minimum absolute atomic E-state index is 2.49. The molecule has 0 aliphatic rings. The van der Waals surface area contributed by atoms with Gasteiger partial charge in [0.25, 0.3) is 0 Å². The van der Waals surface area contributed by atoms with Gasteiger partial charge in [0.05, 0.1) is 0 Å². The van der Waals surface area contributed by atoms with Gasteiger partial charge in [-0.25, -0.2) is 0 Å². The first-order valence-corrected chi connectivity index (χ1v) is 4.90. The fraction of sp³-hybridized carbons (Fsp3) is 1.00. The van der Waals surface area contributed by atoms with E-state index in [0.717, 1.165) is 0 Å². The van der Waals surface area contributed by atoms with Crippen LogP contribution >= 0.6 is 0 Å². The molecule has 0 aromatic rings. The standard InChI is InChI=1S/C2F6O3Te/c3-1(4,5)10-12(9)11-2(6,7)8. The molecule has 0 saturated heterocycles. The molecule has 0 rings (SSSR count). The Hall–Kier alpha value is 0.0896. The van der Waals surface area contributed by atoms with E-state index in [0.29, 0.717) is 0 Å². The zero-order chi connectivity index (χ0) is 9.99. The summed E-state index contributed by atoms with van der Waals surface area (Å²) in [6.45, 7) is 0. The molecule has 0 unspecified atom stereocenters. The molecular formula is C2F6O3Te. The number of hydrogen-bond acceptors (Lipinski definition) is 3. The van der Waals surface area contributed by atoms with Crippen LogP contribution in [0.2, 0.25) is 0 Å². The van der Waals surface area contributed by atoms with Gasteiger partial charge in [0.15, 0.2) is 0 Å². The van der Waals surface area contributed by atoms with E-state index in [1.54, 1.807) is 0 Å². The van der Waals surface area contributed by atoms with Crippen molar-refractivity contribution >= 4 is 20.4 Å². The van der Waals surface area contributed by atoms with Crippen LogP contribution in [0, 0.1) is 0 Å². The topological polar surface area (TPSA) is 35.5 Å². The zero-order valence-corrected chi connectivity index (χ0v) is 7.23. The molecule has 0 heterocycles. The summed E-state index contributed by atoms with van der Waals surface area (Å²) in [5.74, 6) is 0. The normalized spacial score (nSPS) is 13.9. The molecule has 0 saturated carbocycles. The first kappa shape index (κ1) is 12.1. The van der Waals surface area contributed by atoms with E-state index >= 15 is 0 Å². The van der Waals surface area contributed by atoms with Crippen LogP contribution in [-0.4, -0.2) is 33.1 Å². The van der Waals surface area contributed by atoms with E-state index in [-0.39, 0.29) is 0 Å². The Kier molecular flexibility index (Phi) is 3.89. The maximum absolute atomic E-state index is 11.1. The Labute approximate surface area is 69.3 Å². The first-order valence-electron chi connectivity index (χ1n) is 2.04. The maximum atomic E-state index is 11.1. The molecule has 0 aliphatic carbocycles. The summed E-state index contributed by atoms with van der Waals surface area (Å²) in [6, 6.07) is 0. The third-order valence-corrected chi connectivity index (χ3v) is 2.18. The Morgan fingerprint density at radius 1 is 0.833 bits per heavy atom. The third-order valence-electron chi connectivity index (χ3n) is 0.325. The number of alkyl halides is 6. The summed E-state index contributed by atoms with van der Waals surface area (Å²) in [7, 11) is 0. The van der Waals surface area contributed by atoms with E-state index in [9.17, 15) is 29.4 Å². The van der Waals surface area contributed by atoms with Crippen LogP contribution in [-0.2, 0) is 9.31 Å². The summed E-state index contributed by atoms with van der Waals surface area (Å²) in [5, 5.41) is 0. The summed E-state index contributed by atoms with van der Waals surface area (Å²) >= 11 is -5.24. The van der Waals surface area contributed by atoms with Gasteiger partial charge in [-0.2, -0.15) is 0 Å². The molecular weight excluding hydrogens is 314 g/mol. The summed E-state index contributed by atoms with van der Waals surface area (Å²) in [4.78, 5) is 0. The van der Waals surface area contributed by atoms with Crippen LogP contribution in [0.15, 0.2) is 0 Å². The minimum atomic E-state index is -5.37. The molecule has 0 aliphatic heterocycles. The fourth-order valence-electron chi connectivity index (χ4n) is 0.171. The average Bonchev–Trinajstić information content (AvgIpc) is 1.49. The first-order chi connectivity index (χ1) is 5.10. The average molecular weight is 314 g/mol. The van der Waals surface area contributed by atoms with Gasteiger partial charge in [-0.1, -0.05) is 0 Å². The number of hydrogen-bond donors (Lipinski definition) is 0. The Morgan fingerprint density at radius 2 is 1.08 bits per heavy atom. The van der Waals surface area contributed by atoms with Crippen LogP contribution in [0.3, 0.4) is 0 Å². The second-order valence-electron chi connectivity index (χ2n) is 1.26. The Bertz CT molecular complexity index is 153. The molecule has 0 aromatic carbocycles. The van der Waals surface area contributed by atoms with Gasteiger partial charge >= 0.3 is 68.7 Å². The molecule has 0 bridgehead atoms. The molecule has 0 N–H and O–H groups in total. The molecule has 3 nitrogen and oxygen atoms in total. The van der Waals surface area contributed by atoms with Crippen LogP contribution in [0.25, 0.3) is 0 Å². The molecule has 0 spiro atoms. The van der Waals surface area contributed by atoms with Gasteiger partial charge in [0.2, 0.25) is 0 Å². The van der Waals surface area contributed by atoms with Crippen molar-refractivity contribution in [3.63, 3.8) is 0 Å². The summed E-state index contributed by atoms with van der Waals surface area (Å²) < 4.78 is 81.1. The predicted molar refractivity (Wildman–Crippen MR) is 20.7 cm³/mol. The van der Waals surface area contributed by atoms with Crippen molar-refractivity contribution in [2.24, 2.45) is 0 Å². The number of halogens is 6. The summed E-state index contributed by atoms with van der Waals surface area (Å²) in [6.07, 6.45) is -10.7.